The van der Waals surface area contributed by atoms with Crippen molar-refractivity contribution in [2.24, 2.45) is 5.73 Å². The summed E-state index contributed by atoms with van der Waals surface area (Å²) in [5.41, 5.74) is 6.12. The molecule has 0 aliphatic carbocycles. The summed E-state index contributed by atoms with van der Waals surface area (Å²) in [5, 5.41) is 3.41. The Morgan fingerprint density at radius 1 is 1.38 bits per heavy atom. The van der Waals surface area contributed by atoms with Crippen LogP contribution in [0.1, 0.15) is 0 Å². The van der Waals surface area contributed by atoms with Crippen LogP contribution in [0, 0.1) is 0 Å². The van der Waals surface area contributed by atoms with Crippen molar-refractivity contribution in [1.82, 2.24) is 9.80 Å². The summed E-state index contributed by atoms with van der Waals surface area (Å²) >= 11 is 5.96. The molecule has 3 N–H and O–H groups in total. The molecule has 0 bridgehead atoms. The molecule has 2 rings (SSSR count). The summed E-state index contributed by atoms with van der Waals surface area (Å²) < 4.78 is 5.22. The second-order valence-corrected chi connectivity index (χ2v) is 5.33. The number of benzene rings is 1. The predicted octanol–water partition coefficient (Wildman–Crippen LogP) is 1.46. The largest absolute Gasteiger partial charge is 0.495 e. The number of carbonyl (C=O) groups is 1. The van der Waals surface area contributed by atoms with Gasteiger partial charge in [-0.15, -0.1) is 0 Å². The highest BCUT2D eigenvalue weighted by atomic mass is 35.5. The van der Waals surface area contributed by atoms with Crippen LogP contribution in [-0.4, -0.2) is 62.2 Å². The fraction of sp³-hybridized carbons (Fsp3) is 0.500. The molecule has 2 amide bonds. The first-order valence-electron chi connectivity index (χ1n) is 6.96. The zero-order valence-corrected chi connectivity index (χ0v) is 12.9. The van der Waals surface area contributed by atoms with Crippen LogP contribution in [0.25, 0.3) is 0 Å². The van der Waals surface area contributed by atoms with Gasteiger partial charge >= 0.3 is 6.03 Å². The standard InChI is InChI=1S/C14H21ClN4O2/c1-21-13-3-2-11(15)10-12(13)17-14(20)19-8-6-18(5-4-16)7-9-19/h2-3,10H,4-9,16H2,1H3,(H,17,20). The van der Waals surface area contributed by atoms with E-state index in [1.807, 2.05) is 0 Å². The molecule has 1 fully saturated rings. The summed E-state index contributed by atoms with van der Waals surface area (Å²) in [5.74, 6) is 0.592. The third-order valence-corrected chi connectivity index (χ3v) is 3.74. The Bertz CT molecular complexity index is 490. The molecule has 116 valence electrons. The van der Waals surface area contributed by atoms with Gasteiger partial charge in [0, 0.05) is 44.3 Å². The molecule has 1 aromatic rings. The van der Waals surface area contributed by atoms with Crippen molar-refractivity contribution in [3.05, 3.63) is 23.2 Å². The molecule has 21 heavy (non-hydrogen) atoms. The predicted molar refractivity (Wildman–Crippen MR) is 84.1 cm³/mol. The van der Waals surface area contributed by atoms with Crippen molar-refractivity contribution < 1.29 is 9.53 Å². The van der Waals surface area contributed by atoms with E-state index in [1.165, 1.54) is 0 Å². The quantitative estimate of drug-likeness (QED) is 0.883. The number of hydrogen-bond donors (Lipinski definition) is 2. The number of ether oxygens (including phenoxy) is 1. The normalized spacial score (nSPS) is 15.9. The van der Waals surface area contributed by atoms with Crippen LogP contribution in [0.5, 0.6) is 5.75 Å². The molecule has 1 saturated heterocycles. The molecule has 1 aliphatic rings. The van der Waals surface area contributed by atoms with Gasteiger partial charge in [0.1, 0.15) is 5.75 Å². The Morgan fingerprint density at radius 2 is 2.10 bits per heavy atom. The molecule has 1 heterocycles. The average Bonchev–Trinajstić information content (AvgIpc) is 2.48. The fourth-order valence-corrected chi connectivity index (χ4v) is 2.50. The number of nitrogens with one attached hydrogen (secondary N) is 1. The summed E-state index contributed by atoms with van der Waals surface area (Å²) in [7, 11) is 1.56. The molecule has 0 saturated carbocycles. The number of rotatable bonds is 4. The summed E-state index contributed by atoms with van der Waals surface area (Å²) in [6.45, 7) is 4.58. The van der Waals surface area contributed by atoms with Crippen LogP contribution in [0.15, 0.2) is 18.2 Å². The molecule has 1 aromatic carbocycles. The average molecular weight is 313 g/mol. The molecular formula is C14H21ClN4O2. The van der Waals surface area contributed by atoms with Crippen molar-refractivity contribution in [2.45, 2.75) is 0 Å². The highest BCUT2D eigenvalue weighted by molar-refractivity contribution is 6.31. The highest BCUT2D eigenvalue weighted by Crippen LogP contribution is 2.27. The number of halogens is 1. The number of nitrogens with two attached hydrogens (primary N) is 1. The van der Waals surface area contributed by atoms with Crippen LogP contribution in [0.3, 0.4) is 0 Å². The van der Waals surface area contributed by atoms with Crippen LogP contribution in [0.4, 0.5) is 10.5 Å². The highest BCUT2D eigenvalue weighted by Gasteiger charge is 2.21. The van der Waals surface area contributed by atoms with E-state index in [9.17, 15) is 4.79 Å². The number of anilines is 1. The van der Waals surface area contributed by atoms with Gasteiger partial charge in [0.15, 0.2) is 0 Å². The Balaban J connectivity index is 1.95. The minimum Gasteiger partial charge on any atom is -0.495 e. The molecule has 0 aromatic heterocycles. The fourth-order valence-electron chi connectivity index (χ4n) is 2.33. The number of piperazine rings is 1. The van der Waals surface area contributed by atoms with Gasteiger partial charge in [0.2, 0.25) is 0 Å². The maximum absolute atomic E-state index is 12.3. The van der Waals surface area contributed by atoms with Crippen LogP contribution < -0.4 is 15.8 Å². The Kier molecular flexibility index (Phi) is 5.67. The van der Waals surface area contributed by atoms with Gasteiger partial charge in [-0.2, -0.15) is 0 Å². The summed E-state index contributed by atoms with van der Waals surface area (Å²) in [4.78, 5) is 16.3. The third-order valence-electron chi connectivity index (χ3n) is 3.51. The zero-order valence-electron chi connectivity index (χ0n) is 12.1. The molecule has 0 unspecified atom stereocenters. The maximum Gasteiger partial charge on any atom is 0.322 e. The lowest BCUT2D eigenvalue weighted by Crippen LogP contribution is -2.50. The monoisotopic (exact) mass is 312 g/mol. The Labute approximate surface area is 129 Å². The zero-order chi connectivity index (χ0) is 15.2. The van der Waals surface area contributed by atoms with E-state index in [0.717, 1.165) is 19.6 Å². The van der Waals surface area contributed by atoms with Crippen LogP contribution >= 0.6 is 11.6 Å². The van der Waals surface area contributed by atoms with E-state index in [-0.39, 0.29) is 6.03 Å². The first-order chi connectivity index (χ1) is 10.1. The number of urea groups is 1. The summed E-state index contributed by atoms with van der Waals surface area (Å²) in [6, 6.07) is 5.00. The molecule has 0 atom stereocenters. The number of carbonyl (C=O) groups excluding carboxylic acids is 1. The van der Waals surface area contributed by atoms with Crippen molar-refractivity contribution >= 4 is 23.3 Å². The van der Waals surface area contributed by atoms with Crippen molar-refractivity contribution in [2.75, 3.05) is 51.7 Å². The van der Waals surface area contributed by atoms with E-state index in [1.54, 1.807) is 30.2 Å². The molecule has 6 nitrogen and oxygen atoms in total. The number of hydrogen-bond acceptors (Lipinski definition) is 4. The first kappa shape index (κ1) is 15.9. The summed E-state index contributed by atoms with van der Waals surface area (Å²) in [6.07, 6.45) is 0. The molecule has 7 heteroatoms. The molecular weight excluding hydrogens is 292 g/mol. The van der Waals surface area contributed by atoms with E-state index in [0.29, 0.717) is 36.1 Å². The second-order valence-electron chi connectivity index (χ2n) is 4.89. The van der Waals surface area contributed by atoms with Gasteiger partial charge in [-0.05, 0) is 18.2 Å². The molecule has 0 spiro atoms. The first-order valence-corrected chi connectivity index (χ1v) is 7.33. The minimum atomic E-state index is -0.136. The number of nitrogens with zero attached hydrogens (tertiary/aromatic N) is 2. The second kappa shape index (κ2) is 7.49. The van der Waals surface area contributed by atoms with E-state index < -0.39 is 0 Å². The lowest BCUT2D eigenvalue weighted by atomic mass is 10.3. The third kappa shape index (κ3) is 4.23. The van der Waals surface area contributed by atoms with Gasteiger partial charge in [-0.3, -0.25) is 4.90 Å². The van der Waals surface area contributed by atoms with E-state index >= 15 is 0 Å². The maximum atomic E-state index is 12.3. The van der Waals surface area contributed by atoms with E-state index in [4.69, 9.17) is 22.1 Å². The minimum absolute atomic E-state index is 0.136. The van der Waals surface area contributed by atoms with Crippen molar-refractivity contribution in [3.63, 3.8) is 0 Å². The smallest absolute Gasteiger partial charge is 0.322 e. The SMILES string of the molecule is COc1ccc(Cl)cc1NC(=O)N1CCN(CCN)CC1. The van der Waals surface area contributed by atoms with Crippen molar-refractivity contribution in [3.8, 4) is 5.75 Å². The van der Waals surface area contributed by atoms with Gasteiger partial charge in [0.25, 0.3) is 0 Å². The Morgan fingerprint density at radius 3 is 2.71 bits per heavy atom. The van der Waals surface area contributed by atoms with Gasteiger partial charge < -0.3 is 20.7 Å². The van der Waals surface area contributed by atoms with Crippen LogP contribution in [0.2, 0.25) is 5.02 Å². The molecule has 0 radical (unpaired) electrons. The molecule has 1 aliphatic heterocycles. The van der Waals surface area contributed by atoms with Gasteiger partial charge in [0.05, 0.1) is 12.8 Å². The topological polar surface area (TPSA) is 70.8 Å². The van der Waals surface area contributed by atoms with E-state index in [2.05, 4.69) is 10.2 Å². The van der Waals surface area contributed by atoms with Crippen molar-refractivity contribution in [1.29, 1.82) is 0 Å². The lowest BCUT2D eigenvalue weighted by molar-refractivity contribution is 0.149. The number of methoxy groups -OCH3 is 1. The van der Waals surface area contributed by atoms with Crippen LogP contribution in [-0.2, 0) is 0 Å². The Hall–Kier alpha value is -1.50. The van der Waals surface area contributed by atoms with Gasteiger partial charge in [-0.1, -0.05) is 11.6 Å². The van der Waals surface area contributed by atoms with Gasteiger partial charge in [-0.25, -0.2) is 4.79 Å². The number of amides is 2. The lowest BCUT2D eigenvalue weighted by Gasteiger charge is -2.34.